The van der Waals surface area contributed by atoms with Crippen molar-refractivity contribution < 1.29 is 23.8 Å². The van der Waals surface area contributed by atoms with Crippen molar-refractivity contribution >= 4 is 17.6 Å². The lowest BCUT2D eigenvalue weighted by atomic mass is 10.1. The Morgan fingerprint density at radius 2 is 2.05 bits per heavy atom. The summed E-state index contributed by atoms with van der Waals surface area (Å²) in [5.74, 6) is -0.734. The van der Waals surface area contributed by atoms with Crippen molar-refractivity contribution in [2.45, 2.75) is 6.10 Å². The smallest absolute Gasteiger partial charge is 0.339 e. The highest BCUT2D eigenvalue weighted by atomic mass is 16.6. The quantitative estimate of drug-likeness (QED) is 0.768. The van der Waals surface area contributed by atoms with E-state index >= 15 is 0 Å². The molecule has 1 unspecified atom stereocenters. The molecule has 0 radical (unpaired) electrons. The zero-order chi connectivity index (χ0) is 14.5. The molecule has 20 heavy (non-hydrogen) atoms. The molecule has 2 rings (SSSR count). The zero-order valence-corrected chi connectivity index (χ0v) is 11.5. The predicted octanol–water partition coefficient (Wildman–Crippen LogP) is 0.851. The predicted molar refractivity (Wildman–Crippen MR) is 71.8 cm³/mol. The van der Waals surface area contributed by atoms with Crippen LogP contribution >= 0.6 is 0 Å². The first-order valence-electron chi connectivity index (χ1n) is 6.29. The van der Waals surface area contributed by atoms with Crippen molar-refractivity contribution in [1.29, 1.82) is 0 Å². The van der Waals surface area contributed by atoms with Crippen LogP contribution in [0.2, 0.25) is 0 Å². The molecule has 1 atom stereocenters. The molecule has 1 aliphatic heterocycles. The van der Waals surface area contributed by atoms with E-state index in [4.69, 9.17) is 14.2 Å². The van der Waals surface area contributed by atoms with E-state index in [9.17, 15) is 9.59 Å². The fourth-order valence-corrected chi connectivity index (χ4v) is 2.01. The van der Waals surface area contributed by atoms with E-state index in [0.29, 0.717) is 24.5 Å². The van der Waals surface area contributed by atoms with Crippen LogP contribution in [0.3, 0.4) is 0 Å². The third-order valence-corrected chi connectivity index (χ3v) is 3.09. The monoisotopic (exact) mass is 279 g/mol. The lowest BCUT2D eigenvalue weighted by molar-refractivity contribution is -0.144. The van der Waals surface area contributed by atoms with Crippen LogP contribution in [0, 0.1) is 0 Å². The summed E-state index contributed by atoms with van der Waals surface area (Å²) in [5.41, 5.74) is 0.820. The average Bonchev–Trinajstić information content (AvgIpc) is 2.53. The summed E-state index contributed by atoms with van der Waals surface area (Å²) in [7, 11) is 2.90. The van der Waals surface area contributed by atoms with Crippen molar-refractivity contribution in [3.05, 3.63) is 29.8 Å². The number of benzene rings is 1. The van der Waals surface area contributed by atoms with E-state index in [2.05, 4.69) is 0 Å². The van der Waals surface area contributed by atoms with Crippen molar-refractivity contribution in [2.75, 3.05) is 38.9 Å². The summed E-state index contributed by atoms with van der Waals surface area (Å²) in [6, 6.07) is 6.77. The number of nitrogens with zero attached hydrogens (tertiary/aromatic N) is 1. The molecule has 6 nitrogen and oxygen atoms in total. The maximum absolute atomic E-state index is 12.3. The molecule has 1 saturated heterocycles. The number of esters is 1. The van der Waals surface area contributed by atoms with Gasteiger partial charge in [-0.05, 0) is 12.1 Å². The number of amides is 1. The van der Waals surface area contributed by atoms with E-state index in [1.807, 2.05) is 0 Å². The molecule has 1 aliphatic rings. The van der Waals surface area contributed by atoms with E-state index < -0.39 is 12.1 Å². The highest BCUT2D eigenvalue weighted by Gasteiger charge is 2.28. The highest BCUT2D eigenvalue weighted by molar-refractivity contribution is 6.03. The van der Waals surface area contributed by atoms with Crippen LogP contribution in [-0.4, -0.2) is 52.0 Å². The van der Waals surface area contributed by atoms with E-state index in [-0.39, 0.29) is 12.5 Å². The highest BCUT2D eigenvalue weighted by Crippen LogP contribution is 2.21. The van der Waals surface area contributed by atoms with Crippen LogP contribution in [0.25, 0.3) is 0 Å². The molecule has 108 valence electrons. The second kappa shape index (κ2) is 6.49. The number of methoxy groups -OCH3 is 1. The van der Waals surface area contributed by atoms with Crippen LogP contribution in [0.15, 0.2) is 24.3 Å². The summed E-state index contributed by atoms with van der Waals surface area (Å²) in [5, 5.41) is 0. The van der Waals surface area contributed by atoms with Crippen LogP contribution in [-0.2, 0) is 19.0 Å². The first-order chi connectivity index (χ1) is 9.65. The number of rotatable bonds is 3. The minimum absolute atomic E-state index is 0.226. The molecule has 6 heteroatoms. The number of hydrogen-bond acceptors (Lipinski definition) is 5. The van der Waals surface area contributed by atoms with Gasteiger partial charge in [-0.3, -0.25) is 4.79 Å². The van der Waals surface area contributed by atoms with Crippen molar-refractivity contribution in [2.24, 2.45) is 0 Å². The lowest BCUT2D eigenvalue weighted by Crippen LogP contribution is -2.44. The normalized spacial score (nSPS) is 18.4. The van der Waals surface area contributed by atoms with Crippen molar-refractivity contribution in [1.82, 2.24) is 0 Å². The molecule has 0 spiro atoms. The minimum atomic E-state index is -0.639. The van der Waals surface area contributed by atoms with Crippen molar-refractivity contribution in [3.63, 3.8) is 0 Å². The zero-order valence-electron chi connectivity index (χ0n) is 11.5. The average molecular weight is 279 g/mol. The molecule has 1 aromatic carbocycles. The van der Waals surface area contributed by atoms with E-state index in [0.717, 1.165) is 0 Å². The first kappa shape index (κ1) is 14.5. The van der Waals surface area contributed by atoms with Gasteiger partial charge in [0.25, 0.3) is 5.91 Å². The Labute approximate surface area is 117 Å². The number of carbonyl (C=O) groups excluding carboxylic acids is 2. The molecule has 0 aliphatic carbocycles. The van der Waals surface area contributed by atoms with Gasteiger partial charge in [0.2, 0.25) is 0 Å². The standard InChI is InChI=1S/C14H17NO5/c1-15(13(16)12-9-19-7-8-20-12)11-6-4-3-5-10(11)14(17)18-2/h3-6,12H,7-9H2,1-2H3. The fourth-order valence-electron chi connectivity index (χ4n) is 2.01. The number of carbonyl (C=O) groups is 2. The van der Waals surface area contributed by atoms with Crippen LogP contribution in [0.4, 0.5) is 5.69 Å². The Balaban J connectivity index is 2.21. The third-order valence-electron chi connectivity index (χ3n) is 3.09. The van der Waals surface area contributed by atoms with Gasteiger partial charge in [0.1, 0.15) is 0 Å². The molecule has 1 amide bonds. The molecule has 0 saturated carbocycles. The maximum Gasteiger partial charge on any atom is 0.339 e. The van der Waals surface area contributed by atoms with E-state index in [1.165, 1.54) is 12.0 Å². The molecule has 1 heterocycles. The Bertz CT molecular complexity index is 496. The third kappa shape index (κ3) is 2.97. The molecular weight excluding hydrogens is 262 g/mol. The number of para-hydroxylation sites is 1. The number of ether oxygens (including phenoxy) is 3. The topological polar surface area (TPSA) is 65.1 Å². The van der Waals surface area contributed by atoms with Gasteiger partial charge in [0, 0.05) is 7.05 Å². The Hall–Kier alpha value is -1.92. The Morgan fingerprint density at radius 1 is 1.30 bits per heavy atom. The van der Waals surface area contributed by atoms with Crippen molar-refractivity contribution in [3.8, 4) is 0 Å². The van der Waals surface area contributed by atoms with Gasteiger partial charge in [0.15, 0.2) is 6.10 Å². The molecular formula is C14H17NO5. The maximum atomic E-state index is 12.3. The van der Waals surface area contributed by atoms with Gasteiger partial charge < -0.3 is 19.1 Å². The molecule has 1 aromatic rings. The van der Waals surface area contributed by atoms with Gasteiger partial charge in [-0.2, -0.15) is 0 Å². The SMILES string of the molecule is COC(=O)c1ccccc1N(C)C(=O)C1COCCO1. The summed E-state index contributed by atoms with van der Waals surface area (Å²) >= 11 is 0. The van der Waals surface area contributed by atoms with Gasteiger partial charge in [0.05, 0.1) is 38.2 Å². The summed E-state index contributed by atoms with van der Waals surface area (Å²) in [6.07, 6.45) is -0.639. The number of anilines is 1. The summed E-state index contributed by atoms with van der Waals surface area (Å²) < 4.78 is 15.3. The van der Waals surface area contributed by atoms with Crippen LogP contribution < -0.4 is 4.90 Å². The largest absolute Gasteiger partial charge is 0.465 e. The Kier molecular flexibility index (Phi) is 4.70. The molecule has 0 bridgehead atoms. The molecule has 1 fully saturated rings. The molecule has 0 N–H and O–H groups in total. The summed E-state index contributed by atoms with van der Waals surface area (Å²) in [4.78, 5) is 25.4. The number of likely N-dealkylation sites (N-methyl/N-ethyl adjacent to an activating group) is 1. The van der Waals surface area contributed by atoms with E-state index in [1.54, 1.807) is 31.3 Å². The minimum Gasteiger partial charge on any atom is -0.465 e. The summed E-state index contributed by atoms with van der Waals surface area (Å²) in [6.45, 7) is 1.11. The lowest BCUT2D eigenvalue weighted by Gasteiger charge is -2.27. The second-order valence-corrected chi connectivity index (χ2v) is 4.34. The second-order valence-electron chi connectivity index (χ2n) is 4.34. The number of hydrogen-bond donors (Lipinski definition) is 0. The van der Waals surface area contributed by atoms with Crippen LogP contribution in [0.5, 0.6) is 0 Å². The van der Waals surface area contributed by atoms with Gasteiger partial charge >= 0.3 is 5.97 Å². The molecule has 0 aromatic heterocycles. The van der Waals surface area contributed by atoms with Gasteiger partial charge in [-0.25, -0.2) is 4.79 Å². The van der Waals surface area contributed by atoms with Gasteiger partial charge in [-0.1, -0.05) is 12.1 Å². The van der Waals surface area contributed by atoms with Gasteiger partial charge in [-0.15, -0.1) is 0 Å². The van der Waals surface area contributed by atoms with Crippen LogP contribution in [0.1, 0.15) is 10.4 Å². The first-order valence-corrected chi connectivity index (χ1v) is 6.29. The Morgan fingerprint density at radius 3 is 2.70 bits per heavy atom. The fraction of sp³-hybridized carbons (Fsp3) is 0.429.